The topological polar surface area (TPSA) is 0 Å². The Labute approximate surface area is 118 Å². The van der Waals surface area contributed by atoms with E-state index in [1.54, 1.807) is 0 Å². The molecule has 0 heteroatoms. The lowest BCUT2D eigenvalue weighted by Gasteiger charge is -2.05. The van der Waals surface area contributed by atoms with Crippen LogP contribution in [0.4, 0.5) is 0 Å². The van der Waals surface area contributed by atoms with Gasteiger partial charge in [-0.3, -0.25) is 0 Å². The zero-order chi connectivity index (χ0) is 13.5. The summed E-state index contributed by atoms with van der Waals surface area (Å²) in [4.78, 5) is 0. The van der Waals surface area contributed by atoms with Crippen molar-refractivity contribution in [2.24, 2.45) is 0 Å². The highest BCUT2D eigenvalue weighted by Gasteiger charge is 2.15. The molecule has 0 unspecified atom stereocenters. The van der Waals surface area contributed by atoms with Gasteiger partial charge in [0.25, 0.3) is 0 Å². The third kappa shape index (κ3) is 1.51. The molecule has 0 amide bonds. The lowest BCUT2D eigenvalue weighted by atomic mass is 9.92. The van der Waals surface area contributed by atoms with Crippen molar-refractivity contribution in [2.75, 3.05) is 0 Å². The lowest BCUT2D eigenvalue weighted by molar-refractivity contribution is 1.50. The maximum Gasteiger partial charge on any atom is 0.145 e. The molecule has 94 valence electrons. The van der Waals surface area contributed by atoms with Crippen molar-refractivity contribution in [3.63, 3.8) is 0 Å². The van der Waals surface area contributed by atoms with Gasteiger partial charge in [-0.15, -0.1) is 0 Å². The molecule has 0 saturated heterocycles. The zero-order valence-electron chi connectivity index (χ0n) is 11.4. The van der Waals surface area contributed by atoms with Crippen LogP contribution in [0, 0.1) is 6.42 Å². The Balaban J connectivity index is 2.30. The van der Waals surface area contributed by atoms with Crippen molar-refractivity contribution in [2.45, 2.75) is 6.92 Å². The smallest absolute Gasteiger partial charge is 0.0616 e. The van der Waals surface area contributed by atoms with Crippen molar-refractivity contribution in [1.82, 2.24) is 0 Å². The van der Waals surface area contributed by atoms with E-state index in [9.17, 15) is 0 Å². The van der Waals surface area contributed by atoms with Gasteiger partial charge in [0.05, 0.1) is 10.8 Å². The molecule has 4 rings (SSSR count). The van der Waals surface area contributed by atoms with Crippen LogP contribution < -0.4 is 0 Å². The van der Waals surface area contributed by atoms with Gasteiger partial charge in [0.1, 0.15) is 5.56 Å². The molecule has 0 aliphatic heterocycles. The minimum Gasteiger partial charge on any atom is -0.0616 e. The molecule has 0 fully saturated rings. The molecule has 20 heavy (non-hydrogen) atoms. The molecule has 4 aromatic rings. The predicted molar refractivity (Wildman–Crippen MR) is 88.0 cm³/mol. The third-order valence-corrected chi connectivity index (χ3v) is 4.10. The van der Waals surface area contributed by atoms with E-state index < -0.39 is 0 Å². The largest absolute Gasteiger partial charge is 0.145 e. The van der Waals surface area contributed by atoms with Crippen LogP contribution in [0.5, 0.6) is 0 Å². The summed E-state index contributed by atoms with van der Waals surface area (Å²) in [6.45, 7) is 2.12. The van der Waals surface area contributed by atoms with E-state index in [0.717, 1.165) is 0 Å². The second-order valence-electron chi connectivity index (χ2n) is 5.18. The maximum atomic E-state index is 2.32. The summed E-state index contributed by atoms with van der Waals surface area (Å²) >= 11 is 0. The summed E-state index contributed by atoms with van der Waals surface area (Å²) in [7, 11) is 0. The molecule has 0 aromatic heterocycles. The molecule has 0 aliphatic rings. The minimum absolute atomic E-state index is 1.30. The molecule has 0 saturated carbocycles. The molecule has 0 N–H and O–H groups in total. The SMILES string of the molecule is C[CH+]c1c2ccccc2cc2c1ccc1ccccc12. The second-order valence-corrected chi connectivity index (χ2v) is 5.18. The molecule has 0 radical (unpaired) electrons. The summed E-state index contributed by atoms with van der Waals surface area (Å²) < 4.78 is 0. The fourth-order valence-corrected chi connectivity index (χ4v) is 3.17. The lowest BCUT2D eigenvalue weighted by Crippen LogP contribution is -1.87. The van der Waals surface area contributed by atoms with Crippen LogP contribution in [0.15, 0.2) is 66.7 Å². The quantitative estimate of drug-likeness (QED) is 0.232. The Bertz CT molecular complexity index is 932. The van der Waals surface area contributed by atoms with Crippen LogP contribution in [-0.2, 0) is 0 Å². The summed E-state index contributed by atoms with van der Waals surface area (Å²) in [5.41, 5.74) is 1.34. The van der Waals surface area contributed by atoms with Gasteiger partial charge in [-0.25, -0.2) is 0 Å². The van der Waals surface area contributed by atoms with Crippen molar-refractivity contribution < 1.29 is 0 Å². The molecule has 0 heterocycles. The first-order valence-corrected chi connectivity index (χ1v) is 7.01. The van der Waals surface area contributed by atoms with Crippen molar-refractivity contribution in [3.8, 4) is 0 Å². The van der Waals surface area contributed by atoms with Crippen molar-refractivity contribution >= 4 is 32.3 Å². The van der Waals surface area contributed by atoms with Gasteiger partial charge in [-0.05, 0) is 29.7 Å². The van der Waals surface area contributed by atoms with Gasteiger partial charge in [0, 0.05) is 41.6 Å². The van der Waals surface area contributed by atoms with E-state index in [-0.39, 0.29) is 0 Å². The standard InChI is InChI=1S/C20H15/c1-2-16-18-10-6-4-8-15(18)13-20-17-9-5-3-7-14(17)11-12-19(16)20/h2-13H,1H3/q+1. The van der Waals surface area contributed by atoms with Gasteiger partial charge in [-0.1, -0.05) is 30.3 Å². The molecule has 4 aromatic carbocycles. The molecule has 0 atom stereocenters. The van der Waals surface area contributed by atoms with Gasteiger partial charge in [0.15, 0.2) is 0 Å². The predicted octanol–water partition coefficient (Wildman–Crippen LogP) is 5.72. The maximum absolute atomic E-state index is 2.32. The van der Waals surface area contributed by atoms with Gasteiger partial charge >= 0.3 is 0 Å². The number of hydrogen-bond acceptors (Lipinski definition) is 0. The molecular weight excluding hydrogens is 240 g/mol. The molecule has 0 aliphatic carbocycles. The van der Waals surface area contributed by atoms with Crippen molar-refractivity contribution in [1.29, 1.82) is 0 Å². The number of rotatable bonds is 1. The van der Waals surface area contributed by atoms with Crippen LogP contribution in [0.3, 0.4) is 0 Å². The van der Waals surface area contributed by atoms with Crippen LogP contribution >= 0.6 is 0 Å². The summed E-state index contributed by atoms with van der Waals surface area (Å²) in [6, 6.07) is 24.0. The van der Waals surface area contributed by atoms with Crippen LogP contribution in [0.2, 0.25) is 0 Å². The first-order valence-electron chi connectivity index (χ1n) is 7.01. The van der Waals surface area contributed by atoms with E-state index in [4.69, 9.17) is 0 Å². The Morgan fingerprint density at radius 1 is 0.600 bits per heavy atom. The number of fused-ring (bicyclic) bond motifs is 4. The normalized spacial score (nSPS) is 11.2. The van der Waals surface area contributed by atoms with Crippen LogP contribution in [0.1, 0.15) is 12.5 Å². The van der Waals surface area contributed by atoms with E-state index in [1.165, 1.54) is 37.9 Å². The highest BCUT2D eigenvalue weighted by atomic mass is 14.1. The van der Waals surface area contributed by atoms with E-state index in [0.29, 0.717) is 0 Å². The Morgan fingerprint density at radius 3 is 2.10 bits per heavy atom. The Hall–Kier alpha value is -2.47. The number of hydrogen-bond donors (Lipinski definition) is 0. The van der Waals surface area contributed by atoms with E-state index >= 15 is 0 Å². The van der Waals surface area contributed by atoms with Crippen LogP contribution in [0.25, 0.3) is 32.3 Å². The Morgan fingerprint density at radius 2 is 1.30 bits per heavy atom. The van der Waals surface area contributed by atoms with Gasteiger partial charge in [-0.2, -0.15) is 0 Å². The first-order chi connectivity index (χ1) is 9.88. The summed E-state index contributed by atoms with van der Waals surface area (Å²) in [5.74, 6) is 0. The monoisotopic (exact) mass is 255 g/mol. The van der Waals surface area contributed by atoms with E-state index in [1.807, 2.05) is 0 Å². The first kappa shape index (κ1) is 11.4. The average molecular weight is 255 g/mol. The van der Waals surface area contributed by atoms with E-state index in [2.05, 4.69) is 80.1 Å². The second kappa shape index (κ2) is 4.28. The summed E-state index contributed by atoms with van der Waals surface area (Å²) in [6.07, 6.45) is 2.22. The zero-order valence-corrected chi connectivity index (χ0v) is 11.4. The molecule has 0 bridgehead atoms. The fourth-order valence-electron chi connectivity index (χ4n) is 3.17. The molecule has 0 spiro atoms. The highest BCUT2D eigenvalue weighted by Crippen LogP contribution is 2.33. The minimum atomic E-state index is 1.30. The van der Waals surface area contributed by atoms with Gasteiger partial charge in [0.2, 0.25) is 0 Å². The number of benzene rings is 4. The average Bonchev–Trinajstić information content (AvgIpc) is 2.52. The van der Waals surface area contributed by atoms with Gasteiger partial charge < -0.3 is 0 Å². The third-order valence-electron chi connectivity index (χ3n) is 4.10. The Kier molecular flexibility index (Phi) is 2.43. The fraction of sp³-hybridized carbons (Fsp3) is 0.0500. The molecule has 0 nitrogen and oxygen atoms in total. The van der Waals surface area contributed by atoms with Crippen molar-refractivity contribution in [3.05, 3.63) is 78.7 Å². The summed E-state index contributed by atoms with van der Waals surface area (Å²) in [5, 5.41) is 7.96. The molecular formula is C20H15+. The van der Waals surface area contributed by atoms with Crippen LogP contribution in [-0.4, -0.2) is 0 Å². The highest BCUT2D eigenvalue weighted by molar-refractivity contribution is 6.14.